The van der Waals surface area contributed by atoms with E-state index in [4.69, 9.17) is 4.74 Å². The molecule has 6 nitrogen and oxygen atoms in total. The second-order valence-electron chi connectivity index (χ2n) is 4.22. The molecule has 0 aliphatic heterocycles. The van der Waals surface area contributed by atoms with Crippen LogP contribution in [-0.2, 0) is 6.54 Å². The lowest BCUT2D eigenvalue weighted by molar-refractivity contribution is -0.385. The minimum atomic E-state index is -0.802. The normalized spacial score (nSPS) is 10.4. The highest BCUT2D eigenvalue weighted by atomic mass is 19.1. The number of ether oxygens (including phenoxy) is 1. The first-order chi connectivity index (χ1) is 10.1. The molecule has 0 radical (unpaired) electrons. The number of nitro groups is 1. The number of hydrogen-bond acceptors (Lipinski definition) is 5. The Hall–Kier alpha value is -2.54. The minimum absolute atomic E-state index is 0.1000. The van der Waals surface area contributed by atoms with Gasteiger partial charge in [0.2, 0.25) is 5.88 Å². The third kappa shape index (κ3) is 3.73. The molecule has 110 valence electrons. The van der Waals surface area contributed by atoms with E-state index in [1.165, 1.54) is 18.3 Å². The van der Waals surface area contributed by atoms with E-state index in [1.54, 1.807) is 6.07 Å². The van der Waals surface area contributed by atoms with E-state index in [9.17, 15) is 14.5 Å². The fourth-order valence-electron chi connectivity index (χ4n) is 1.70. The Morgan fingerprint density at radius 3 is 2.90 bits per heavy atom. The number of rotatable bonds is 6. The maximum Gasteiger partial charge on any atom is 0.272 e. The lowest BCUT2D eigenvalue weighted by atomic mass is 10.2. The Bertz CT molecular complexity index is 649. The molecule has 2 aromatic rings. The van der Waals surface area contributed by atoms with Crippen LogP contribution in [0.25, 0.3) is 0 Å². The average molecular weight is 291 g/mol. The Kier molecular flexibility index (Phi) is 4.78. The number of nitro benzene ring substituents is 1. The first-order valence-corrected chi connectivity index (χ1v) is 6.38. The molecule has 7 heteroatoms. The molecule has 21 heavy (non-hydrogen) atoms. The molecule has 1 aromatic carbocycles. The molecule has 1 N–H and O–H groups in total. The van der Waals surface area contributed by atoms with Crippen LogP contribution in [-0.4, -0.2) is 16.5 Å². The van der Waals surface area contributed by atoms with Gasteiger partial charge < -0.3 is 10.1 Å². The van der Waals surface area contributed by atoms with Crippen molar-refractivity contribution in [1.29, 1.82) is 0 Å². The largest absolute Gasteiger partial charge is 0.436 e. The molecule has 0 bridgehead atoms. The van der Waals surface area contributed by atoms with E-state index in [-0.39, 0.29) is 17.3 Å². The van der Waals surface area contributed by atoms with Gasteiger partial charge in [0, 0.05) is 24.4 Å². The maximum absolute atomic E-state index is 13.8. The van der Waals surface area contributed by atoms with Crippen LogP contribution in [0.4, 0.5) is 10.1 Å². The van der Waals surface area contributed by atoms with Gasteiger partial charge in [-0.1, -0.05) is 13.0 Å². The van der Waals surface area contributed by atoms with Gasteiger partial charge in [0.15, 0.2) is 11.6 Å². The van der Waals surface area contributed by atoms with Crippen molar-refractivity contribution >= 4 is 5.69 Å². The monoisotopic (exact) mass is 291 g/mol. The lowest BCUT2D eigenvalue weighted by Gasteiger charge is -2.10. The Morgan fingerprint density at radius 1 is 1.43 bits per heavy atom. The highest BCUT2D eigenvalue weighted by molar-refractivity contribution is 5.40. The summed E-state index contributed by atoms with van der Waals surface area (Å²) < 4.78 is 19.2. The summed E-state index contributed by atoms with van der Waals surface area (Å²) in [6.45, 7) is 3.28. The molecule has 0 fully saturated rings. The number of pyridine rings is 1. The topological polar surface area (TPSA) is 77.3 Å². The molecule has 2 rings (SSSR count). The predicted molar refractivity (Wildman–Crippen MR) is 74.7 cm³/mol. The molecule has 0 spiro atoms. The summed E-state index contributed by atoms with van der Waals surface area (Å²) in [5.41, 5.74) is 0.450. The lowest BCUT2D eigenvalue weighted by Crippen LogP contribution is -2.12. The van der Waals surface area contributed by atoms with E-state index in [0.717, 1.165) is 18.2 Å². The summed E-state index contributed by atoms with van der Waals surface area (Å²) in [5.74, 6) is -0.632. The number of hydrogen-bond donors (Lipinski definition) is 1. The highest BCUT2D eigenvalue weighted by Crippen LogP contribution is 2.28. The van der Waals surface area contributed by atoms with E-state index in [0.29, 0.717) is 6.54 Å². The Morgan fingerprint density at radius 2 is 2.24 bits per heavy atom. The fraction of sp³-hybridized carbons (Fsp3) is 0.214. The second-order valence-corrected chi connectivity index (χ2v) is 4.22. The van der Waals surface area contributed by atoms with Crippen molar-refractivity contribution in [3.05, 3.63) is 58.0 Å². The Balaban J connectivity index is 2.24. The van der Waals surface area contributed by atoms with Gasteiger partial charge in [-0.15, -0.1) is 0 Å². The molecule has 0 aliphatic carbocycles. The van der Waals surface area contributed by atoms with Crippen molar-refractivity contribution < 1.29 is 14.1 Å². The highest BCUT2D eigenvalue weighted by Gasteiger charge is 2.14. The van der Waals surface area contributed by atoms with Crippen molar-refractivity contribution in [3.8, 4) is 11.6 Å². The SMILES string of the molecule is CCNCc1cccnc1Oc1ccc([N+](=O)[O-])cc1F. The number of nitrogens with zero attached hydrogens (tertiary/aromatic N) is 2. The van der Waals surface area contributed by atoms with Crippen molar-refractivity contribution in [2.75, 3.05) is 6.54 Å². The molecule has 0 saturated carbocycles. The molecular weight excluding hydrogens is 277 g/mol. The summed E-state index contributed by atoms with van der Waals surface area (Å²) in [4.78, 5) is 14.0. The van der Waals surface area contributed by atoms with Gasteiger partial charge >= 0.3 is 0 Å². The van der Waals surface area contributed by atoms with E-state index >= 15 is 0 Å². The number of benzene rings is 1. The van der Waals surface area contributed by atoms with Crippen LogP contribution in [0.15, 0.2) is 36.5 Å². The molecule has 0 saturated heterocycles. The van der Waals surface area contributed by atoms with Gasteiger partial charge in [0.1, 0.15) is 0 Å². The van der Waals surface area contributed by atoms with Gasteiger partial charge in [-0.05, 0) is 18.7 Å². The molecule has 0 aliphatic rings. The zero-order valence-corrected chi connectivity index (χ0v) is 11.4. The average Bonchev–Trinajstić information content (AvgIpc) is 2.48. The molecular formula is C14H14FN3O3. The van der Waals surface area contributed by atoms with Crippen LogP contribution in [0.3, 0.4) is 0 Å². The number of halogens is 1. The van der Waals surface area contributed by atoms with Gasteiger partial charge in [0.05, 0.1) is 11.0 Å². The van der Waals surface area contributed by atoms with Crippen molar-refractivity contribution in [3.63, 3.8) is 0 Å². The Labute approximate surface area is 120 Å². The first kappa shape index (κ1) is 14.9. The van der Waals surface area contributed by atoms with Crippen molar-refractivity contribution in [2.45, 2.75) is 13.5 Å². The number of non-ortho nitro benzene ring substituents is 1. The minimum Gasteiger partial charge on any atom is -0.436 e. The summed E-state index contributed by atoms with van der Waals surface area (Å²) in [5, 5.41) is 13.7. The zero-order chi connectivity index (χ0) is 15.2. The molecule has 1 heterocycles. The summed E-state index contributed by atoms with van der Waals surface area (Å²) in [6.07, 6.45) is 1.54. The smallest absolute Gasteiger partial charge is 0.272 e. The van der Waals surface area contributed by atoms with Gasteiger partial charge in [-0.25, -0.2) is 9.37 Å². The fourth-order valence-corrected chi connectivity index (χ4v) is 1.70. The van der Waals surface area contributed by atoms with E-state index < -0.39 is 10.7 Å². The molecule has 1 aromatic heterocycles. The van der Waals surface area contributed by atoms with Gasteiger partial charge in [0.25, 0.3) is 5.69 Å². The maximum atomic E-state index is 13.8. The standard InChI is InChI=1S/C14H14FN3O3/c1-2-16-9-10-4-3-7-17-14(10)21-13-6-5-11(18(19)20)8-12(13)15/h3-8,16H,2,9H2,1H3. The predicted octanol–water partition coefficient (Wildman–Crippen LogP) is 3.03. The molecule has 0 unspecified atom stereocenters. The molecule has 0 amide bonds. The quantitative estimate of drug-likeness (QED) is 0.654. The molecule has 0 atom stereocenters. The van der Waals surface area contributed by atoms with Crippen molar-refractivity contribution in [1.82, 2.24) is 10.3 Å². The van der Waals surface area contributed by atoms with Crippen LogP contribution >= 0.6 is 0 Å². The summed E-state index contributed by atoms with van der Waals surface area (Å²) >= 11 is 0. The van der Waals surface area contributed by atoms with Crippen LogP contribution in [0.5, 0.6) is 11.6 Å². The van der Waals surface area contributed by atoms with Crippen LogP contribution in [0, 0.1) is 15.9 Å². The zero-order valence-electron chi connectivity index (χ0n) is 11.4. The summed E-state index contributed by atoms with van der Waals surface area (Å²) in [6, 6.07) is 6.80. The first-order valence-electron chi connectivity index (χ1n) is 6.38. The van der Waals surface area contributed by atoms with E-state index in [2.05, 4.69) is 10.3 Å². The number of aromatic nitrogens is 1. The summed E-state index contributed by atoms with van der Waals surface area (Å²) in [7, 11) is 0. The second kappa shape index (κ2) is 6.76. The third-order valence-electron chi connectivity index (χ3n) is 2.75. The van der Waals surface area contributed by atoms with Crippen LogP contribution < -0.4 is 10.1 Å². The van der Waals surface area contributed by atoms with Gasteiger partial charge in [-0.3, -0.25) is 10.1 Å². The van der Waals surface area contributed by atoms with Crippen LogP contribution in [0.1, 0.15) is 12.5 Å². The van der Waals surface area contributed by atoms with Crippen LogP contribution in [0.2, 0.25) is 0 Å². The van der Waals surface area contributed by atoms with Crippen molar-refractivity contribution in [2.24, 2.45) is 0 Å². The van der Waals surface area contributed by atoms with E-state index in [1.807, 2.05) is 13.0 Å². The van der Waals surface area contributed by atoms with Gasteiger partial charge in [-0.2, -0.15) is 0 Å². The third-order valence-corrected chi connectivity index (χ3v) is 2.75. The number of nitrogens with one attached hydrogen (secondary N) is 1.